The molecule has 1 unspecified atom stereocenters. The van der Waals surface area contributed by atoms with E-state index in [1.165, 1.54) is 30.5 Å². The molecule has 0 bridgehead atoms. The van der Waals surface area contributed by atoms with Crippen LogP contribution in [0.1, 0.15) is 31.2 Å². The lowest BCUT2D eigenvalue weighted by molar-refractivity contribution is -0.122. The van der Waals surface area contributed by atoms with Crippen molar-refractivity contribution in [2.24, 2.45) is 5.73 Å². The molecule has 3 N–H and O–H groups in total. The van der Waals surface area contributed by atoms with E-state index in [4.69, 9.17) is 5.73 Å². The molecule has 1 aliphatic rings. The van der Waals surface area contributed by atoms with Gasteiger partial charge in [-0.25, -0.2) is 0 Å². The Labute approximate surface area is 150 Å². The maximum absolute atomic E-state index is 12.1. The van der Waals surface area contributed by atoms with E-state index >= 15 is 0 Å². The Morgan fingerprint density at radius 3 is 2.70 bits per heavy atom. The summed E-state index contributed by atoms with van der Waals surface area (Å²) in [4.78, 5) is 14.5. The highest BCUT2D eigenvalue weighted by Gasteiger charge is 2.16. The molecule has 1 aliphatic heterocycles. The van der Waals surface area contributed by atoms with Crippen molar-refractivity contribution in [2.45, 2.75) is 38.3 Å². The molecule has 1 heterocycles. The highest BCUT2D eigenvalue weighted by molar-refractivity contribution is 7.98. The van der Waals surface area contributed by atoms with E-state index in [2.05, 4.69) is 28.4 Å². The van der Waals surface area contributed by atoms with Gasteiger partial charge in [-0.1, -0.05) is 18.2 Å². The minimum absolute atomic E-state index is 0. The maximum atomic E-state index is 12.1. The van der Waals surface area contributed by atoms with Crippen LogP contribution in [0.5, 0.6) is 0 Å². The standard InChI is InChI=1S/C17H27N3OS.ClH/c1-22-12-9-15(18)17(21)19-13-14-7-3-4-8-16(14)20-10-5-2-6-11-20;/h3-4,7-8,15H,2,5-6,9-13,18H2,1H3,(H,19,21);1H. The summed E-state index contributed by atoms with van der Waals surface area (Å²) in [5, 5.41) is 2.99. The number of piperidine rings is 1. The summed E-state index contributed by atoms with van der Waals surface area (Å²) in [6.45, 7) is 2.77. The average Bonchev–Trinajstić information content (AvgIpc) is 2.58. The molecule has 1 aromatic rings. The molecule has 2 rings (SSSR count). The van der Waals surface area contributed by atoms with E-state index in [-0.39, 0.29) is 18.3 Å². The molecule has 0 aromatic heterocycles. The molecule has 0 radical (unpaired) electrons. The lowest BCUT2D eigenvalue weighted by atomic mass is 10.1. The van der Waals surface area contributed by atoms with Crippen molar-refractivity contribution < 1.29 is 4.79 Å². The zero-order valence-electron chi connectivity index (χ0n) is 13.8. The fraction of sp³-hybridized carbons (Fsp3) is 0.588. The zero-order valence-corrected chi connectivity index (χ0v) is 15.4. The molecule has 0 spiro atoms. The van der Waals surface area contributed by atoms with Crippen LogP contribution in [0.4, 0.5) is 5.69 Å². The molecular weight excluding hydrogens is 330 g/mol. The van der Waals surface area contributed by atoms with E-state index in [0.29, 0.717) is 6.54 Å². The van der Waals surface area contributed by atoms with Crippen LogP contribution in [0.2, 0.25) is 0 Å². The molecule has 6 heteroatoms. The Morgan fingerprint density at radius 1 is 1.30 bits per heavy atom. The predicted molar refractivity (Wildman–Crippen MR) is 103 cm³/mol. The number of nitrogens with one attached hydrogen (secondary N) is 1. The summed E-state index contributed by atoms with van der Waals surface area (Å²) in [6.07, 6.45) is 6.57. The minimum atomic E-state index is -0.408. The first-order valence-electron chi connectivity index (χ1n) is 8.07. The number of benzene rings is 1. The van der Waals surface area contributed by atoms with Gasteiger partial charge in [-0.3, -0.25) is 4.79 Å². The molecule has 130 valence electrons. The van der Waals surface area contributed by atoms with Crippen molar-refractivity contribution in [1.29, 1.82) is 0 Å². The number of carbonyl (C=O) groups excluding carboxylic acids is 1. The van der Waals surface area contributed by atoms with Gasteiger partial charge in [-0.15, -0.1) is 12.4 Å². The first kappa shape index (κ1) is 20.1. The number of anilines is 1. The second kappa shape index (κ2) is 10.8. The second-order valence-electron chi connectivity index (χ2n) is 5.78. The number of hydrogen-bond donors (Lipinski definition) is 2. The Kier molecular flexibility index (Phi) is 9.44. The average molecular weight is 358 g/mol. The van der Waals surface area contributed by atoms with E-state index in [9.17, 15) is 4.79 Å². The molecular formula is C17H28ClN3OS. The third-order valence-electron chi connectivity index (χ3n) is 4.11. The topological polar surface area (TPSA) is 58.4 Å². The molecule has 1 amide bonds. The van der Waals surface area contributed by atoms with E-state index in [1.54, 1.807) is 11.8 Å². The number of amides is 1. The van der Waals surface area contributed by atoms with Crippen molar-refractivity contribution in [1.82, 2.24) is 5.32 Å². The second-order valence-corrected chi connectivity index (χ2v) is 6.77. The van der Waals surface area contributed by atoms with Gasteiger partial charge in [0.25, 0.3) is 0 Å². The van der Waals surface area contributed by atoms with Crippen molar-refractivity contribution in [3.8, 4) is 0 Å². The summed E-state index contributed by atoms with van der Waals surface area (Å²) in [5.41, 5.74) is 8.34. The monoisotopic (exact) mass is 357 g/mol. The number of hydrogen-bond acceptors (Lipinski definition) is 4. The first-order valence-corrected chi connectivity index (χ1v) is 9.47. The fourth-order valence-electron chi connectivity index (χ4n) is 2.79. The highest BCUT2D eigenvalue weighted by atomic mass is 35.5. The molecule has 1 fully saturated rings. The quantitative estimate of drug-likeness (QED) is 0.787. The van der Waals surface area contributed by atoms with Crippen LogP contribution >= 0.6 is 24.2 Å². The Morgan fingerprint density at radius 2 is 2.00 bits per heavy atom. The number of halogens is 1. The number of nitrogens with zero attached hydrogens (tertiary/aromatic N) is 1. The summed E-state index contributed by atoms with van der Waals surface area (Å²) in [7, 11) is 0. The van der Waals surface area contributed by atoms with E-state index in [1.807, 2.05) is 12.3 Å². The smallest absolute Gasteiger partial charge is 0.237 e. The number of nitrogens with two attached hydrogens (primary N) is 1. The molecule has 1 atom stereocenters. The molecule has 1 saturated heterocycles. The third-order valence-corrected chi connectivity index (χ3v) is 4.76. The lowest BCUT2D eigenvalue weighted by Gasteiger charge is -2.30. The third kappa shape index (κ3) is 6.24. The predicted octanol–water partition coefficient (Wildman–Crippen LogP) is 2.80. The zero-order chi connectivity index (χ0) is 15.8. The van der Waals surface area contributed by atoms with Crippen LogP contribution in [0, 0.1) is 0 Å². The summed E-state index contributed by atoms with van der Waals surface area (Å²) < 4.78 is 0. The van der Waals surface area contributed by atoms with Crippen LogP contribution in [-0.2, 0) is 11.3 Å². The van der Waals surface area contributed by atoms with Gasteiger partial charge in [-0.2, -0.15) is 11.8 Å². The van der Waals surface area contributed by atoms with Crippen molar-refractivity contribution in [3.05, 3.63) is 29.8 Å². The largest absolute Gasteiger partial charge is 0.371 e. The molecule has 4 nitrogen and oxygen atoms in total. The van der Waals surface area contributed by atoms with Crippen LogP contribution in [0.15, 0.2) is 24.3 Å². The minimum Gasteiger partial charge on any atom is -0.371 e. The molecule has 23 heavy (non-hydrogen) atoms. The van der Waals surface area contributed by atoms with Crippen molar-refractivity contribution >= 4 is 35.8 Å². The van der Waals surface area contributed by atoms with Crippen LogP contribution < -0.4 is 16.0 Å². The number of rotatable bonds is 7. The van der Waals surface area contributed by atoms with Gasteiger partial charge in [0.1, 0.15) is 0 Å². The molecule has 0 aliphatic carbocycles. The fourth-order valence-corrected chi connectivity index (χ4v) is 3.28. The number of para-hydroxylation sites is 1. The molecule has 0 saturated carbocycles. The van der Waals surface area contributed by atoms with Crippen LogP contribution in [0.3, 0.4) is 0 Å². The van der Waals surface area contributed by atoms with Crippen molar-refractivity contribution in [3.63, 3.8) is 0 Å². The SMILES string of the molecule is CSCCC(N)C(=O)NCc1ccccc1N1CCCCC1.Cl. The summed E-state index contributed by atoms with van der Waals surface area (Å²) >= 11 is 1.72. The van der Waals surface area contributed by atoms with Crippen LogP contribution in [0.25, 0.3) is 0 Å². The summed E-state index contributed by atoms with van der Waals surface area (Å²) in [6, 6.07) is 7.94. The highest BCUT2D eigenvalue weighted by Crippen LogP contribution is 2.24. The van der Waals surface area contributed by atoms with E-state index < -0.39 is 6.04 Å². The number of carbonyl (C=O) groups is 1. The van der Waals surface area contributed by atoms with Crippen LogP contribution in [-0.4, -0.2) is 37.0 Å². The maximum Gasteiger partial charge on any atom is 0.237 e. The Bertz CT molecular complexity index is 481. The Hall–Kier alpha value is -0.910. The van der Waals surface area contributed by atoms with Gasteiger partial charge >= 0.3 is 0 Å². The van der Waals surface area contributed by atoms with E-state index in [0.717, 1.165) is 25.3 Å². The van der Waals surface area contributed by atoms with Gasteiger partial charge in [0, 0.05) is 25.3 Å². The first-order chi connectivity index (χ1) is 10.7. The van der Waals surface area contributed by atoms with Gasteiger partial charge in [0.05, 0.1) is 6.04 Å². The number of thioether (sulfide) groups is 1. The summed E-state index contributed by atoms with van der Waals surface area (Å²) in [5.74, 6) is 0.862. The molecule has 1 aromatic carbocycles. The van der Waals surface area contributed by atoms with Gasteiger partial charge in [-0.05, 0) is 49.3 Å². The lowest BCUT2D eigenvalue weighted by Crippen LogP contribution is -2.41. The van der Waals surface area contributed by atoms with Gasteiger partial charge < -0.3 is 16.0 Å². The Balaban J connectivity index is 0.00000264. The van der Waals surface area contributed by atoms with Gasteiger partial charge in [0.2, 0.25) is 5.91 Å². The normalized spacial score (nSPS) is 15.7. The van der Waals surface area contributed by atoms with Gasteiger partial charge in [0.15, 0.2) is 0 Å². The van der Waals surface area contributed by atoms with Crippen molar-refractivity contribution in [2.75, 3.05) is 30.0 Å².